The number of nitrogens with zero attached hydrogens (tertiary/aromatic N) is 4. The second kappa shape index (κ2) is 6.96. The molecule has 7 heteroatoms. The number of dihydropyridines is 1. The molecule has 0 spiro atoms. The number of hydrogen-bond donors (Lipinski definition) is 2. The first-order valence-corrected chi connectivity index (χ1v) is 9.52. The van der Waals surface area contributed by atoms with Crippen LogP contribution in [-0.4, -0.2) is 63.3 Å². The fraction of sp³-hybridized carbons (Fsp3) is 0.632. The van der Waals surface area contributed by atoms with E-state index in [9.17, 15) is 5.11 Å². The van der Waals surface area contributed by atoms with Crippen molar-refractivity contribution in [2.24, 2.45) is 7.05 Å². The van der Waals surface area contributed by atoms with Crippen LogP contribution in [0, 0.1) is 6.92 Å². The molecule has 1 aromatic rings. The van der Waals surface area contributed by atoms with Crippen molar-refractivity contribution in [2.75, 3.05) is 26.3 Å². The highest BCUT2D eigenvalue weighted by atomic mass is 16.5. The van der Waals surface area contributed by atoms with E-state index in [1.54, 1.807) is 0 Å². The Balaban J connectivity index is 1.60. The Kier molecular flexibility index (Phi) is 4.67. The normalized spacial score (nSPS) is 29.5. The summed E-state index contributed by atoms with van der Waals surface area (Å²) in [6, 6.07) is 2.73. The molecular formula is C19H29N5O2. The van der Waals surface area contributed by atoms with Gasteiger partial charge in [-0.15, -0.1) is 0 Å². The number of allylic oxidation sites excluding steroid dienone is 1. The van der Waals surface area contributed by atoms with Crippen LogP contribution in [0.2, 0.25) is 0 Å². The lowest BCUT2D eigenvalue weighted by Crippen LogP contribution is -2.46. The van der Waals surface area contributed by atoms with Crippen LogP contribution in [0.1, 0.15) is 37.2 Å². The highest BCUT2D eigenvalue weighted by Crippen LogP contribution is 2.35. The van der Waals surface area contributed by atoms with Gasteiger partial charge in [-0.25, -0.2) is 0 Å². The number of morpholine rings is 1. The summed E-state index contributed by atoms with van der Waals surface area (Å²) in [6.45, 7) is 7.53. The minimum atomic E-state index is -0.674. The number of aliphatic hydroxyl groups excluding tert-OH is 1. The standard InChI is InChI=1S/C19H29N5O2/c1-13-9-16(21-22(13)3)17-5-4-6-24(17)18-10-15(11-19(25)20-18)23-7-8-26-12-14(23)2/h9-11,14,17,19-20,25H,4-8,12H2,1-3H3/t14-,17?,19?/m1/s1. The summed E-state index contributed by atoms with van der Waals surface area (Å²) < 4.78 is 7.49. The summed E-state index contributed by atoms with van der Waals surface area (Å²) in [5, 5.41) is 18.3. The quantitative estimate of drug-likeness (QED) is 0.846. The summed E-state index contributed by atoms with van der Waals surface area (Å²) >= 11 is 0. The van der Waals surface area contributed by atoms with Crippen LogP contribution in [0.4, 0.5) is 0 Å². The average Bonchev–Trinajstić information content (AvgIpc) is 3.22. The number of aryl methyl sites for hydroxylation is 2. The second-order valence-electron chi connectivity index (χ2n) is 7.51. The smallest absolute Gasteiger partial charge is 0.147 e. The van der Waals surface area contributed by atoms with Gasteiger partial charge in [0.1, 0.15) is 12.0 Å². The first-order valence-electron chi connectivity index (χ1n) is 9.52. The third-order valence-corrected chi connectivity index (χ3v) is 5.64. The zero-order valence-electron chi connectivity index (χ0n) is 15.9. The van der Waals surface area contributed by atoms with Crippen LogP contribution in [0.15, 0.2) is 29.7 Å². The van der Waals surface area contributed by atoms with Crippen molar-refractivity contribution in [1.29, 1.82) is 0 Å². The number of aliphatic hydroxyl groups is 1. The lowest BCUT2D eigenvalue weighted by molar-refractivity contribution is 0.0170. The monoisotopic (exact) mass is 359 g/mol. The van der Waals surface area contributed by atoms with Gasteiger partial charge in [0.05, 0.1) is 24.9 Å². The summed E-state index contributed by atoms with van der Waals surface area (Å²) in [6.07, 6.45) is 5.59. The van der Waals surface area contributed by atoms with E-state index in [1.165, 1.54) is 5.69 Å². The highest BCUT2D eigenvalue weighted by Gasteiger charge is 2.32. The molecule has 0 aromatic carbocycles. The molecule has 142 valence electrons. The lowest BCUT2D eigenvalue weighted by atomic mass is 10.1. The minimum absolute atomic E-state index is 0.252. The maximum atomic E-state index is 10.4. The van der Waals surface area contributed by atoms with Crippen LogP contribution in [0.3, 0.4) is 0 Å². The van der Waals surface area contributed by atoms with Gasteiger partial charge in [0.2, 0.25) is 0 Å². The van der Waals surface area contributed by atoms with Gasteiger partial charge < -0.3 is 25.0 Å². The van der Waals surface area contributed by atoms with Gasteiger partial charge >= 0.3 is 0 Å². The predicted molar refractivity (Wildman–Crippen MR) is 98.9 cm³/mol. The number of aromatic nitrogens is 2. The number of ether oxygens (including phenoxy) is 1. The fourth-order valence-corrected chi connectivity index (χ4v) is 4.15. The molecule has 0 bridgehead atoms. The predicted octanol–water partition coefficient (Wildman–Crippen LogP) is 1.23. The Morgan fingerprint density at radius 1 is 1.31 bits per heavy atom. The van der Waals surface area contributed by atoms with Crippen molar-refractivity contribution < 1.29 is 9.84 Å². The van der Waals surface area contributed by atoms with Crippen molar-refractivity contribution in [3.63, 3.8) is 0 Å². The molecule has 0 aliphatic carbocycles. The summed E-state index contributed by atoms with van der Waals surface area (Å²) in [5.74, 6) is 0.986. The van der Waals surface area contributed by atoms with Crippen LogP contribution < -0.4 is 5.32 Å². The molecule has 2 saturated heterocycles. The van der Waals surface area contributed by atoms with Gasteiger partial charge in [-0.05, 0) is 38.8 Å². The van der Waals surface area contributed by atoms with Crippen molar-refractivity contribution in [3.8, 4) is 0 Å². The molecule has 2 unspecified atom stereocenters. The molecule has 0 radical (unpaired) electrons. The molecule has 1 aromatic heterocycles. The number of hydrogen-bond acceptors (Lipinski definition) is 6. The first kappa shape index (κ1) is 17.4. The third kappa shape index (κ3) is 3.21. The Labute approximate surface area is 154 Å². The third-order valence-electron chi connectivity index (χ3n) is 5.64. The fourth-order valence-electron chi connectivity index (χ4n) is 4.15. The Morgan fingerprint density at radius 3 is 2.88 bits per heavy atom. The summed E-state index contributed by atoms with van der Waals surface area (Å²) in [7, 11) is 1.99. The molecular weight excluding hydrogens is 330 g/mol. The SMILES string of the molecule is Cc1cc(C2CCCN2C2=CC(N3CCOC[C@H]3C)=CC(O)N2)nn1C. The maximum absolute atomic E-state index is 10.4. The van der Waals surface area contributed by atoms with E-state index in [4.69, 9.17) is 9.84 Å². The van der Waals surface area contributed by atoms with E-state index in [0.29, 0.717) is 6.04 Å². The van der Waals surface area contributed by atoms with E-state index < -0.39 is 6.23 Å². The molecule has 0 saturated carbocycles. The molecule has 3 aliphatic heterocycles. The van der Waals surface area contributed by atoms with Crippen molar-refractivity contribution in [1.82, 2.24) is 24.9 Å². The van der Waals surface area contributed by atoms with E-state index in [2.05, 4.69) is 41.1 Å². The highest BCUT2D eigenvalue weighted by molar-refractivity contribution is 5.30. The number of nitrogens with one attached hydrogen (secondary N) is 1. The van der Waals surface area contributed by atoms with Gasteiger partial charge in [-0.2, -0.15) is 5.10 Å². The molecule has 2 N–H and O–H groups in total. The van der Waals surface area contributed by atoms with E-state index in [-0.39, 0.29) is 6.04 Å². The first-order chi connectivity index (χ1) is 12.5. The van der Waals surface area contributed by atoms with Gasteiger partial charge in [0.25, 0.3) is 0 Å². The number of rotatable bonds is 3. The maximum Gasteiger partial charge on any atom is 0.147 e. The second-order valence-corrected chi connectivity index (χ2v) is 7.51. The van der Waals surface area contributed by atoms with E-state index in [1.807, 2.05) is 17.8 Å². The van der Waals surface area contributed by atoms with E-state index >= 15 is 0 Å². The summed E-state index contributed by atoms with van der Waals surface area (Å²) in [5.41, 5.74) is 3.35. The van der Waals surface area contributed by atoms with Gasteiger partial charge in [-0.1, -0.05) is 0 Å². The molecule has 26 heavy (non-hydrogen) atoms. The van der Waals surface area contributed by atoms with Crippen LogP contribution in [0.25, 0.3) is 0 Å². The lowest BCUT2D eigenvalue weighted by Gasteiger charge is -2.39. The Bertz CT molecular complexity index is 706. The topological polar surface area (TPSA) is 65.8 Å². The zero-order valence-corrected chi connectivity index (χ0v) is 15.9. The van der Waals surface area contributed by atoms with Crippen LogP contribution >= 0.6 is 0 Å². The van der Waals surface area contributed by atoms with Crippen molar-refractivity contribution in [2.45, 2.75) is 45.0 Å². The largest absolute Gasteiger partial charge is 0.377 e. The van der Waals surface area contributed by atoms with Crippen molar-refractivity contribution >= 4 is 0 Å². The van der Waals surface area contributed by atoms with Crippen molar-refractivity contribution in [3.05, 3.63) is 41.1 Å². The molecule has 4 rings (SSSR count). The molecule has 4 heterocycles. The molecule has 7 nitrogen and oxygen atoms in total. The molecule has 3 aliphatic rings. The minimum Gasteiger partial charge on any atom is -0.377 e. The summed E-state index contributed by atoms with van der Waals surface area (Å²) in [4.78, 5) is 4.67. The molecule has 0 amide bonds. The Hall–Kier alpha value is -1.99. The Morgan fingerprint density at radius 2 is 2.15 bits per heavy atom. The van der Waals surface area contributed by atoms with E-state index in [0.717, 1.165) is 56.4 Å². The van der Waals surface area contributed by atoms with Crippen LogP contribution in [-0.2, 0) is 11.8 Å². The van der Waals surface area contributed by atoms with Gasteiger partial charge in [-0.3, -0.25) is 4.68 Å². The molecule has 2 fully saturated rings. The zero-order chi connectivity index (χ0) is 18.3. The van der Waals surface area contributed by atoms with Crippen LogP contribution in [0.5, 0.6) is 0 Å². The molecule has 3 atom stereocenters. The van der Waals surface area contributed by atoms with Gasteiger partial charge in [0, 0.05) is 43.6 Å². The number of likely N-dealkylation sites (tertiary alicyclic amines) is 1. The van der Waals surface area contributed by atoms with Gasteiger partial charge in [0.15, 0.2) is 0 Å². The average molecular weight is 359 g/mol.